The lowest BCUT2D eigenvalue weighted by atomic mass is 9.96. The van der Waals surface area contributed by atoms with E-state index in [1.165, 1.54) is 23.5 Å². The highest BCUT2D eigenvalue weighted by atomic mass is 32.1. The first kappa shape index (κ1) is 18.8. The summed E-state index contributed by atoms with van der Waals surface area (Å²) in [4.78, 5) is 18.6. The van der Waals surface area contributed by atoms with Gasteiger partial charge in [0.05, 0.1) is 16.8 Å². The van der Waals surface area contributed by atoms with E-state index in [-0.39, 0.29) is 30.3 Å². The third-order valence-electron chi connectivity index (χ3n) is 3.29. The van der Waals surface area contributed by atoms with E-state index in [9.17, 15) is 9.18 Å². The molecule has 0 saturated heterocycles. The van der Waals surface area contributed by atoms with Crippen LogP contribution in [0.4, 0.5) is 9.52 Å². The summed E-state index contributed by atoms with van der Waals surface area (Å²) < 4.78 is 13.9. The van der Waals surface area contributed by atoms with Crippen LogP contribution in [0.3, 0.4) is 0 Å². The molecule has 0 bridgehead atoms. The van der Waals surface area contributed by atoms with Gasteiger partial charge in [0.25, 0.3) is 0 Å². The van der Waals surface area contributed by atoms with Crippen molar-refractivity contribution in [2.75, 3.05) is 31.6 Å². The van der Waals surface area contributed by atoms with Crippen molar-refractivity contribution in [2.24, 2.45) is 5.41 Å². The molecule has 132 valence electrons. The third-order valence-corrected chi connectivity index (χ3v) is 4.23. The summed E-state index contributed by atoms with van der Waals surface area (Å²) in [5, 5.41) is 12.3. The molecule has 2 N–H and O–H groups in total. The zero-order chi connectivity index (χ0) is 17.7. The van der Waals surface area contributed by atoms with Crippen molar-refractivity contribution in [1.82, 2.24) is 9.88 Å². The molecule has 0 aliphatic heterocycles. The predicted molar refractivity (Wildman–Crippen MR) is 95.8 cm³/mol. The van der Waals surface area contributed by atoms with Gasteiger partial charge >= 0.3 is 0 Å². The highest BCUT2D eigenvalue weighted by Gasteiger charge is 2.19. The Morgan fingerprint density at radius 1 is 1.42 bits per heavy atom. The van der Waals surface area contributed by atoms with Gasteiger partial charge in [0.15, 0.2) is 5.13 Å². The largest absolute Gasteiger partial charge is 0.396 e. The molecule has 1 amide bonds. The Labute approximate surface area is 145 Å². The lowest BCUT2D eigenvalue weighted by Gasteiger charge is -2.29. The van der Waals surface area contributed by atoms with Crippen LogP contribution >= 0.6 is 11.3 Å². The van der Waals surface area contributed by atoms with Crippen molar-refractivity contribution in [3.8, 4) is 0 Å². The molecule has 0 radical (unpaired) electrons. The van der Waals surface area contributed by atoms with E-state index in [0.717, 1.165) is 6.54 Å². The van der Waals surface area contributed by atoms with E-state index >= 15 is 0 Å². The van der Waals surface area contributed by atoms with Gasteiger partial charge in [-0.05, 0) is 30.0 Å². The first-order valence-corrected chi connectivity index (χ1v) is 8.78. The number of carbonyl (C=O) groups excluding carboxylic acids is 1. The summed E-state index contributed by atoms with van der Waals surface area (Å²) in [5.74, 6) is -0.471. The van der Waals surface area contributed by atoms with Gasteiger partial charge in [-0.1, -0.05) is 32.1 Å². The molecule has 1 aromatic heterocycles. The van der Waals surface area contributed by atoms with Gasteiger partial charge in [-0.25, -0.2) is 9.37 Å². The fourth-order valence-electron chi connectivity index (χ4n) is 2.49. The monoisotopic (exact) mass is 353 g/mol. The Morgan fingerprint density at radius 3 is 2.83 bits per heavy atom. The summed E-state index contributed by atoms with van der Waals surface area (Å²) >= 11 is 1.26. The molecule has 0 fully saturated rings. The van der Waals surface area contributed by atoms with E-state index in [0.29, 0.717) is 28.3 Å². The second kappa shape index (κ2) is 8.00. The van der Waals surface area contributed by atoms with Crippen molar-refractivity contribution >= 4 is 32.6 Å². The lowest BCUT2D eigenvalue weighted by Crippen LogP contribution is -2.39. The second-order valence-corrected chi connectivity index (χ2v) is 8.06. The van der Waals surface area contributed by atoms with Crippen LogP contribution < -0.4 is 5.32 Å². The summed E-state index contributed by atoms with van der Waals surface area (Å²) in [5.41, 5.74) is 0.729. The summed E-state index contributed by atoms with van der Waals surface area (Å²) in [7, 11) is 0. The maximum absolute atomic E-state index is 13.2. The normalized spacial score (nSPS) is 12.1. The number of aromatic nitrogens is 1. The van der Waals surface area contributed by atoms with Gasteiger partial charge in [0, 0.05) is 19.7 Å². The second-order valence-electron chi connectivity index (χ2n) is 7.03. The number of rotatable bonds is 7. The molecule has 0 spiro atoms. The van der Waals surface area contributed by atoms with Crippen LogP contribution in [0.15, 0.2) is 18.2 Å². The van der Waals surface area contributed by atoms with Gasteiger partial charge in [-0.15, -0.1) is 0 Å². The number of benzene rings is 1. The number of nitrogens with zero attached hydrogens (tertiary/aromatic N) is 2. The third kappa shape index (κ3) is 5.81. The van der Waals surface area contributed by atoms with Crippen LogP contribution in [0.2, 0.25) is 0 Å². The van der Waals surface area contributed by atoms with E-state index in [2.05, 4.69) is 31.1 Å². The maximum Gasteiger partial charge on any atom is 0.240 e. The number of hydrogen-bond acceptors (Lipinski definition) is 5. The highest BCUT2D eigenvalue weighted by molar-refractivity contribution is 7.22. The van der Waals surface area contributed by atoms with Crippen molar-refractivity contribution in [3.63, 3.8) is 0 Å². The first-order chi connectivity index (χ1) is 11.3. The van der Waals surface area contributed by atoms with Crippen LogP contribution in [0, 0.1) is 11.2 Å². The van der Waals surface area contributed by atoms with Gasteiger partial charge in [0.2, 0.25) is 5.91 Å². The number of halogens is 1. The molecule has 0 saturated carbocycles. The minimum atomic E-state index is -0.315. The summed E-state index contributed by atoms with van der Waals surface area (Å²) in [6, 6.07) is 4.37. The van der Waals surface area contributed by atoms with Crippen LogP contribution in [0.25, 0.3) is 10.2 Å². The Bertz CT molecular complexity index is 697. The molecule has 0 atom stereocenters. The Kier molecular flexibility index (Phi) is 6.26. The van der Waals surface area contributed by atoms with Crippen LogP contribution in [-0.4, -0.2) is 47.1 Å². The number of nitrogens with one attached hydrogen (secondary N) is 1. The Balaban J connectivity index is 2.00. The highest BCUT2D eigenvalue weighted by Crippen LogP contribution is 2.26. The van der Waals surface area contributed by atoms with E-state index < -0.39 is 0 Å². The number of amides is 1. The first-order valence-electron chi connectivity index (χ1n) is 7.96. The van der Waals surface area contributed by atoms with E-state index in [4.69, 9.17) is 5.11 Å². The zero-order valence-corrected chi connectivity index (χ0v) is 15.1. The van der Waals surface area contributed by atoms with Gasteiger partial charge in [-0.3, -0.25) is 9.69 Å². The number of anilines is 1. The molecule has 1 heterocycles. The maximum atomic E-state index is 13.2. The molecule has 5 nitrogen and oxygen atoms in total. The van der Waals surface area contributed by atoms with E-state index in [1.54, 1.807) is 6.07 Å². The summed E-state index contributed by atoms with van der Waals surface area (Å²) in [6.07, 6.45) is 0.629. The molecular weight excluding hydrogens is 329 g/mol. The van der Waals surface area contributed by atoms with Crippen LogP contribution in [0.5, 0.6) is 0 Å². The molecule has 24 heavy (non-hydrogen) atoms. The standard InChI is InChI=1S/C17H24FN3O2S/c1-17(2,3)11-21(7-4-8-22)10-15(23)20-16-19-13-6-5-12(18)9-14(13)24-16/h5-6,9,22H,4,7-8,10-11H2,1-3H3,(H,19,20,23). The summed E-state index contributed by atoms with van der Waals surface area (Å²) in [6.45, 7) is 8.09. The molecule has 1 aromatic carbocycles. The van der Waals surface area contributed by atoms with Crippen molar-refractivity contribution in [3.05, 3.63) is 24.0 Å². The number of fused-ring (bicyclic) bond motifs is 1. The number of aliphatic hydroxyl groups is 1. The molecule has 0 aliphatic carbocycles. The molecule has 7 heteroatoms. The number of carbonyl (C=O) groups is 1. The zero-order valence-electron chi connectivity index (χ0n) is 14.3. The van der Waals surface area contributed by atoms with Crippen molar-refractivity contribution in [1.29, 1.82) is 0 Å². The molecule has 0 unspecified atom stereocenters. The van der Waals surface area contributed by atoms with Crippen molar-refractivity contribution < 1.29 is 14.3 Å². The Hall–Kier alpha value is -1.57. The minimum absolute atomic E-state index is 0.0587. The predicted octanol–water partition coefficient (Wildman–Crippen LogP) is 3.10. The molecule has 0 aliphatic rings. The quantitative estimate of drug-likeness (QED) is 0.803. The van der Waals surface area contributed by atoms with Crippen LogP contribution in [0.1, 0.15) is 27.2 Å². The van der Waals surface area contributed by atoms with Gasteiger partial charge in [-0.2, -0.15) is 0 Å². The lowest BCUT2D eigenvalue weighted by molar-refractivity contribution is -0.117. The molecular formula is C17H24FN3O2S. The van der Waals surface area contributed by atoms with Crippen molar-refractivity contribution in [2.45, 2.75) is 27.2 Å². The Morgan fingerprint density at radius 2 is 2.17 bits per heavy atom. The molecule has 2 rings (SSSR count). The average molecular weight is 353 g/mol. The average Bonchev–Trinajstić information content (AvgIpc) is 2.84. The molecule has 2 aromatic rings. The smallest absolute Gasteiger partial charge is 0.240 e. The van der Waals surface area contributed by atoms with Gasteiger partial charge < -0.3 is 10.4 Å². The fraction of sp³-hybridized carbons (Fsp3) is 0.529. The number of aliphatic hydroxyl groups excluding tert-OH is 1. The fourth-order valence-corrected chi connectivity index (χ4v) is 3.40. The topological polar surface area (TPSA) is 65.5 Å². The van der Waals surface area contributed by atoms with E-state index in [1.807, 2.05) is 4.90 Å². The van der Waals surface area contributed by atoms with Crippen LogP contribution in [-0.2, 0) is 4.79 Å². The SMILES string of the molecule is CC(C)(C)CN(CCCO)CC(=O)Nc1nc2ccc(F)cc2s1. The number of thiazole rings is 1. The van der Waals surface area contributed by atoms with Gasteiger partial charge in [0.1, 0.15) is 5.82 Å². The minimum Gasteiger partial charge on any atom is -0.396 e. The number of hydrogen-bond donors (Lipinski definition) is 2.